The molecule has 1 aliphatic heterocycles. The molecule has 2 aliphatic rings. The largest absolute Gasteiger partial charge is 0.346 e. The van der Waals surface area contributed by atoms with E-state index >= 15 is 0 Å². The topological polar surface area (TPSA) is 45.6 Å². The summed E-state index contributed by atoms with van der Waals surface area (Å²) in [4.78, 5) is 25.9. The van der Waals surface area contributed by atoms with E-state index in [1.165, 1.54) is 22.1 Å². The molecule has 2 heterocycles. The Hall–Kier alpha value is -2.40. The lowest BCUT2D eigenvalue weighted by Gasteiger charge is -2.36. The van der Waals surface area contributed by atoms with E-state index < -0.39 is 0 Å². The standard InChI is InChI=1S/C17H18N2O.C5H11NO/c1-11(20)19-10-12-9-16-13(6-4-8-18(16)2)14-5-3-7-15(19)17(12)14;1-3-6(4-2)5-7/h3,5-7,10,16H,4,8-9H2,1-2H3;5H,3-4H2,1-2H3/t16-;/m1./s1. The van der Waals surface area contributed by atoms with Gasteiger partial charge in [0.1, 0.15) is 0 Å². The second kappa shape index (κ2) is 8.09. The highest BCUT2D eigenvalue weighted by atomic mass is 16.1. The Bertz CT molecular complexity index is 877. The molecule has 144 valence electrons. The fourth-order valence-corrected chi connectivity index (χ4v) is 4.11. The summed E-state index contributed by atoms with van der Waals surface area (Å²) in [5, 5.41) is 1.28. The minimum atomic E-state index is 0.0885. The third-order valence-corrected chi connectivity index (χ3v) is 5.67. The van der Waals surface area contributed by atoms with Gasteiger partial charge in [0.2, 0.25) is 12.3 Å². The Morgan fingerprint density at radius 1 is 1.30 bits per heavy atom. The van der Waals surface area contributed by atoms with Crippen molar-refractivity contribution < 1.29 is 9.59 Å². The van der Waals surface area contributed by atoms with Gasteiger partial charge in [0, 0.05) is 44.2 Å². The van der Waals surface area contributed by atoms with Gasteiger partial charge in [-0.25, -0.2) is 0 Å². The number of hydrogen-bond acceptors (Lipinski definition) is 3. The molecule has 0 radical (unpaired) electrons. The molecule has 0 bridgehead atoms. The number of hydrogen-bond donors (Lipinski definition) is 0. The van der Waals surface area contributed by atoms with E-state index in [1.54, 1.807) is 16.4 Å². The highest BCUT2D eigenvalue weighted by Crippen LogP contribution is 2.40. The number of likely N-dealkylation sites (N-methyl/N-ethyl adjacent to an activating group) is 1. The summed E-state index contributed by atoms with van der Waals surface area (Å²) in [7, 11) is 2.20. The number of benzene rings is 1. The summed E-state index contributed by atoms with van der Waals surface area (Å²) in [6.07, 6.45) is 7.40. The summed E-state index contributed by atoms with van der Waals surface area (Å²) in [6, 6.07) is 6.79. The van der Waals surface area contributed by atoms with Gasteiger partial charge < -0.3 is 4.90 Å². The van der Waals surface area contributed by atoms with Gasteiger partial charge in [0.25, 0.3) is 0 Å². The normalized spacial score (nSPS) is 18.2. The molecule has 1 aromatic carbocycles. The van der Waals surface area contributed by atoms with Crippen LogP contribution in [0.5, 0.6) is 0 Å². The molecule has 27 heavy (non-hydrogen) atoms. The monoisotopic (exact) mass is 367 g/mol. The van der Waals surface area contributed by atoms with Crippen LogP contribution in [0, 0.1) is 0 Å². The van der Waals surface area contributed by atoms with Gasteiger partial charge in [-0.3, -0.25) is 19.1 Å². The molecule has 5 heteroatoms. The van der Waals surface area contributed by atoms with Gasteiger partial charge in [-0.2, -0.15) is 0 Å². The Morgan fingerprint density at radius 2 is 2.04 bits per heavy atom. The summed E-state index contributed by atoms with van der Waals surface area (Å²) in [5.74, 6) is 0.0885. The average molecular weight is 367 g/mol. The quantitative estimate of drug-likeness (QED) is 0.781. The molecule has 0 spiro atoms. The van der Waals surface area contributed by atoms with E-state index in [9.17, 15) is 9.59 Å². The summed E-state index contributed by atoms with van der Waals surface area (Å²) >= 11 is 0. The third-order valence-electron chi connectivity index (χ3n) is 5.67. The first-order chi connectivity index (χ1) is 13.0. The highest BCUT2D eigenvalue weighted by molar-refractivity contribution is 6.02. The van der Waals surface area contributed by atoms with Crippen LogP contribution in [0.15, 0.2) is 30.5 Å². The first-order valence-electron chi connectivity index (χ1n) is 9.75. The van der Waals surface area contributed by atoms with Crippen LogP contribution in [0.25, 0.3) is 16.5 Å². The van der Waals surface area contributed by atoms with Crippen LogP contribution in [0.2, 0.25) is 0 Å². The van der Waals surface area contributed by atoms with Crippen molar-refractivity contribution in [1.82, 2.24) is 14.4 Å². The lowest BCUT2D eigenvalue weighted by atomic mass is 9.82. The Kier molecular flexibility index (Phi) is 5.80. The number of nitrogens with zero attached hydrogens (tertiary/aromatic N) is 3. The van der Waals surface area contributed by atoms with Gasteiger partial charge in [-0.1, -0.05) is 18.2 Å². The fourth-order valence-electron chi connectivity index (χ4n) is 4.11. The SMILES string of the molecule is CC(=O)n1cc2c3c(cccc31)C1=CCCN(C)[C@@H]1C2.CCN(C=O)CC. The summed E-state index contributed by atoms with van der Waals surface area (Å²) in [6.45, 7) is 8.30. The van der Waals surface area contributed by atoms with E-state index in [-0.39, 0.29) is 5.91 Å². The van der Waals surface area contributed by atoms with E-state index in [4.69, 9.17) is 0 Å². The van der Waals surface area contributed by atoms with Gasteiger partial charge in [0.15, 0.2) is 0 Å². The maximum atomic E-state index is 11.8. The van der Waals surface area contributed by atoms with Gasteiger partial charge >= 0.3 is 0 Å². The van der Waals surface area contributed by atoms with Crippen molar-refractivity contribution in [3.05, 3.63) is 41.6 Å². The molecule has 1 aromatic heterocycles. The number of fused-ring (bicyclic) bond motifs is 2. The second-order valence-electron chi connectivity index (χ2n) is 7.22. The smallest absolute Gasteiger partial charge is 0.227 e. The van der Waals surface area contributed by atoms with Crippen molar-refractivity contribution in [3.8, 4) is 0 Å². The molecule has 0 fully saturated rings. The predicted molar refractivity (Wildman–Crippen MR) is 110 cm³/mol. The van der Waals surface area contributed by atoms with Gasteiger partial charge in [-0.05, 0) is 56.5 Å². The maximum Gasteiger partial charge on any atom is 0.227 e. The Balaban J connectivity index is 0.000000260. The number of rotatable bonds is 3. The molecule has 2 aromatic rings. The van der Waals surface area contributed by atoms with Crippen LogP contribution in [0.3, 0.4) is 0 Å². The lowest BCUT2D eigenvalue weighted by Crippen LogP contribution is -2.39. The molecule has 0 saturated carbocycles. The number of aromatic nitrogens is 1. The average Bonchev–Trinajstić information content (AvgIpc) is 3.05. The summed E-state index contributed by atoms with van der Waals surface area (Å²) < 4.78 is 1.80. The molecule has 1 aliphatic carbocycles. The zero-order valence-corrected chi connectivity index (χ0v) is 16.7. The molecule has 1 amide bonds. The third kappa shape index (κ3) is 3.56. The number of carbonyl (C=O) groups excluding carboxylic acids is 2. The predicted octanol–water partition coefficient (Wildman–Crippen LogP) is 3.43. The van der Waals surface area contributed by atoms with Crippen LogP contribution in [0.1, 0.15) is 43.1 Å². The molecule has 0 unspecified atom stereocenters. The van der Waals surface area contributed by atoms with Crippen LogP contribution in [-0.2, 0) is 11.2 Å². The fraction of sp³-hybridized carbons (Fsp3) is 0.455. The minimum absolute atomic E-state index is 0.0885. The molecule has 5 nitrogen and oxygen atoms in total. The minimum Gasteiger partial charge on any atom is -0.346 e. The van der Waals surface area contributed by atoms with Crippen molar-refractivity contribution in [2.24, 2.45) is 0 Å². The molecule has 0 saturated heterocycles. The van der Waals surface area contributed by atoms with Gasteiger partial charge in [0.05, 0.1) is 5.52 Å². The zero-order chi connectivity index (χ0) is 19.6. The van der Waals surface area contributed by atoms with Gasteiger partial charge in [-0.15, -0.1) is 0 Å². The van der Waals surface area contributed by atoms with Crippen LogP contribution >= 0.6 is 0 Å². The number of carbonyl (C=O) groups is 2. The zero-order valence-electron chi connectivity index (χ0n) is 16.7. The van der Waals surface area contributed by atoms with Crippen molar-refractivity contribution in [2.45, 2.75) is 39.7 Å². The van der Waals surface area contributed by atoms with Crippen LogP contribution in [-0.4, -0.2) is 59.4 Å². The highest BCUT2D eigenvalue weighted by Gasteiger charge is 2.31. The Morgan fingerprint density at radius 3 is 2.63 bits per heavy atom. The molecule has 4 rings (SSSR count). The number of amides is 1. The Labute approximate surface area is 161 Å². The van der Waals surface area contributed by atoms with Crippen LogP contribution in [0.4, 0.5) is 0 Å². The molecular formula is C22H29N3O2. The maximum absolute atomic E-state index is 11.8. The van der Waals surface area contributed by atoms with Crippen molar-refractivity contribution in [3.63, 3.8) is 0 Å². The first kappa shape index (κ1) is 19.4. The summed E-state index contributed by atoms with van der Waals surface area (Å²) in [5.41, 5.74) is 5.12. The molecule has 0 N–H and O–H groups in total. The molecule has 1 atom stereocenters. The second-order valence-corrected chi connectivity index (χ2v) is 7.22. The first-order valence-corrected chi connectivity index (χ1v) is 9.75. The van der Waals surface area contributed by atoms with E-state index in [1.807, 2.05) is 20.0 Å². The molecular weight excluding hydrogens is 338 g/mol. The van der Waals surface area contributed by atoms with Crippen molar-refractivity contribution in [1.29, 1.82) is 0 Å². The van der Waals surface area contributed by atoms with E-state index in [0.717, 1.165) is 44.4 Å². The lowest BCUT2D eigenvalue weighted by molar-refractivity contribution is -0.117. The van der Waals surface area contributed by atoms with Crippen molar-refractivity contribution in [2.75, 3.05) is 26.7 Å². The van der Waals surface area contributed by atoms with Crippen molar-refractivity contribution >= 4 is 28.8 Å². The van der Waals surface area contributed by atoms with E-state index in [0.29, 0.717) is 6.04 Å². The van der Waals surface area contributed by atoms with Crippen LogP contribution < -0.4 is 0 Å². The van der Waals surface area contributed by atoms with E-state index in [2.05, 4.69) is 36.2 Å².